The fourth-order valence-corrected chi connectivity index (χ4v) is 4.01. The molecule has 0 bridgehead atoms. The Morgan fingerprint density at radius 2 is 2.03 bits per heavy atom. The predicted molar refractivity (Wildman–Crippen MR) is 113 cm³/mol. The Hall–Kier alpha value is -3.02. The number of hydrogen-bond acceptors (Lipinski definition) is 5. The summed E-state index contributed by atoms with van der Waals surface area (Å²) in [5.41, 5.74) is 0.459. The first kappa shape index (κ1) is 20.3. The highest BCUT2D eigenvalue weighted by Gasteiger charge is 2.47. The molecule has 0 aliphatic carbocycles. The maximum atomic E-state index is 13.1. The van der Waals surface area contributed by atoms with Gasteiger partial charge >= 0.3 is 0 Å². The molecular formula is C24H27NO5. The molecule has 158 valence electrons. The summed E-state index contributed by atoms with van der Waals surface area (Å²) in [7, 11) is 1.57. The van der Waals surface area contributed by atoms with Gasteiger partial charge in [0.15, 0.2) is 5.78 Å². The fraction of sp³-hybridized carbons (Fsp3) is 0.417. The minimum atomic E-state index is -0.667. The van der Waals surface area contributed by atoms with E-state index >= 15 is 0 Å². The van der Waals surface area contributed by atoms with Crippen LogP contribution < -0.4 is 14.2 Å². The SMILES string of the molecule is COc1ccc2c(c1)C(=O)CC1(CCN(C(=O)c3cccc(OCC(C)C)c3)C1)O2. The molecule has 6 nitrogen and oxygen atoms in total. The second-order valence-corrected chi connectivity index (χ2v) is 8.46. The van der Waals surface area contributed by atoms with Crippen molar-refractivity contribution >= 4 is 11.7 Å². The van der Waals surface area contributed by atoms with Gasteiger partial charge < -0.3 is 19.1 Å². The minimum absolute atomic E-state index is 0.0218. The highest BCUT2D eigenvalue weighted by atomic mass is 16.5. The molecule has 2 aromatic carbocycles. The molecule has 1 unspecified atom stereocenters. The van der Waals surface area contributed by atoms with Crippen LogP contribution in [0.4, 0.5) is 0 Å². The Bertz CT molecular complexity index is 970. The number of carbonyl (C=O) groups excluding carboxylic acids is 2. The molecule has 0 N–H and O–H groups in total. The number of methoxy groups -OCH3 is 1. The van der Waals surface area contributed by atoms with Crippen LogP contribution >= 0.6 is 0 Å². The molecule has 1 atom stereocenters. The first-order valence-corrected chi connectivity index (χ1v) is 10.3. The summed E-state index contributed by atoms with van der Waals surface area (Å²) in [6.45, 7) is 5.70. The zero-order chi connectivity index (χ0) is 21.3. The molecule has 4 rings (SSSR count). The summed E-state index contributed by atoms with van der Waals surface area (Å²) >= 11 is 0. The monoisotopic (exact) mass is 409 g/mol. The second kappa shape index (κ2) is 8.01. The number of rotatable bonds is 5. The van der Waals surface area contributed by atoms with Gasteiger partial charge in [0.1, 0.15) is 22.8 Å². The first-order valence-electron chi connectivity index (χ1n) is 10.3. The van der Waals surface area contributed by atoms with Crippen molar-refractivity contribution in [3.05, 3.63) is 53.6 Å². The number of fused-ring (bicyclic) bond motifs is 1. The molecule has 2 aliphatic heterocycles. The van der Waals surface area contributed by atoms with E-state index in [1.54, 1.807) is 42.3 Å². The van der Waals surface area contributed by atoms with E-state index < -0.39 is 5.60 Å². The van der Waals surface area contributed by atoms with Crippen molar-refractivity contribution in [1.82, 2.24) is 4.90 Å². The van der Waals surface area contributed by atoms with Crippen LogP contribution in [-0.2, 0) is 0 Å². The Labute approximate surface area is 176 Å². The van der Waals surface area contributed by atoms with E-state index in [4.69, 9.17) is 14.2 Å². The average molecular weight is 409 g/mol. The summed E-state index contributed by atoms with van der Waals surface area (Å²) in [5.74, 6) is 2.24. The molecule has 0 radical (unpaired) electrons. The lowest BCUT2D eigenvalue weighted by Crippen LogP contribution is -2.45. The van der Waals surface area contributed by atoms with Crippen molar-refractivity contribution < 1.29 is 23.8 Å². The van der Waals surface area contributed by atoms with Gasteiger partial charge in [-0.2, -0.15) is 0 Å². The van der Waals surface area contributed by atoms with Crippen LogP contribution in [0, 0.1) is 5.92 Å². The van der Waals surface area contributed by atoms with Gasteiger partial charge in [-0.15, -0.1) is 0 Å². The normalized spacial score (nSPS) is 20.3. The molecule has 1 spiro atoms. The van der Waals surface area contributed by atoms with Gasteiger partial charge in [0, 0.05) is 18.5 Å². The summed E-state index contributed by atoms with van der Waals surface area (Å²) in [5, 5.41) is 0. The van der Waals surface area contributed by atoms with Gasteiger partial charge in [-0.05, 0) is 42.3 Å². The van der Waals surface area contributed by atoms with Gasteiger partial charge in [0.2, 0.25) is 0 Å². The molecule has 0 saturated carbocycles. The lowest BCUT2D eigenvalue weighted by Gasteiger charge is -2.34. The zero-order valence-electron chi connectivity index (χ0n) is 17.6. The van der Waals surface area contributed by atoms with E-state index in [9.17, 15) is 9.59 Å². The fourth-order valence-electron chi connectivity index (χ4n) is 4.01. The third-order valence-electron chi connectivity index (χ3n) is 5.56. The van der Waals surface area contributed by atoms with E-state index in [1.165, 1.54) is 0 Å². The van der Waals surface area contributed by atoms with Gasteiger partial charge in [0.05, 0.1) is 32.2 Å². The Kier molecular flexibility index (Phi) is 5.41. The Morgan fingerprint density at radius 1 is 1.20 bits per heavy atom. The summed E-state index contributed by atoms with van der Waals surface area (Å²) in [6, 6.07) is 12.5. The molecule has 2 heterocycles. The maximum Gasteiger partial charge on any atom is 0.254 e. The number of benzene rings is 2. The van der Waals surface area contributed by atoms with Crippen LogP contribution in [0.25, 0.3) is 0 Å². The van der Waals surface area contributed by atoms with Crippen LogP contribution in [0.5, 0.6) is 17.2 Å². The summed E-state index contributed by atoms with van der Waals surface area (Å²) in [6.07, 6.45) is 0.883. The molecule has 6 heteroatoms. The quantitative estimate of drug-likeness (QED) is 0.747. The van der Waals surface area contributed by atoms with E-state index in [0.29, 0.717) is 60.4 Å². The van der Waals surface area contributed by atoms with Gasteiger partial charge in [-0.1, -0.05) is 19.9 Å². The Morgan fingerprint density at radius 3 is 2.80 bits per heavy atom. The number of hydrogen-bond donors (Lipinski definition) is 0. The molecule has 30 heavy (non-hydrogen) atoms. The van der Waals surface area contributed by atoms with E-state index in [0.717, 1.165) is 0 Å². The summed E-state index contributed by atoms with van der Waals surface area (Å²) < 4.78 is 17.2. The van der Waals surface area contributed by atoms with Crippen molar-refractivity contribution in [3.8, 4) is 17.2 Å². The van der Waals surface area contributed by atoms with Crippen LogP contribution in [-0.4, -0.2) is 49.0 Å². The van der Waals surface area contributed by atoms with Crippen molar-refractivity contribution in [3.63, 3.8) is 0 Å². The van der Waals surface area contributed by atoms with Crippen LogP contribution in [0.1, 0.15) is 47.4 Å². The van der Waals surface area contributed by atoms with E-state index in [1.807, 2.05) is 12.1 Å². The lowest BCUT2D eigenvalue weighted by molar-refractivity contribution is 0.0427. The first-order chi connectivity index (χ1) is 14.4. The largest absolute Gasteiger partial charge is 0.497 e. The van der Waals surface area contributed by atoms with Crippen molar-refractivity contribution in [2.24, 2.45) is 5.92 Å². The molecule has 2 aromatic rings. The van der Waals surface area contributed by atoms with Gasteiger partial charge in [0.25, 0.3) is 5.91 Å². The number of likely N-dealkylation sites (tertiary alicyclic amines) is 1. The predicted octanol–water partition coefficient (Wildman–Crippen LogP) is 3.98. The van der Waals surface area contributed by atoms with E-state index in [-0.39, 0.29) is 18.1 Å². The molecule has 1 fully saturated rings. The smallest absolute Gasteiger partial charge is 0.254 e. The third-order valence-corrected chi connectivity index (χ3v) is 5.56. The molecule has 1 saturated heterocycles. The summed E-state index contributed by atoms with van der Waals surface area (Å²) in [4.78, 5) is 27.6. The van der Waals surface area contributed by atoms with Gasteiger partial charge in [-0.3, -0.25) is 9.59 Å². The molecule has 2 aliphatic rings. The lowest BCUT2D eigenvalue weighted by atomic mass is 9.89. The minimum Gasteiger partial charge on any atom is -0.497 e. The van der Waals surface area contributed by atoms with Crippen LogP contribution in [0.15, 0.2) is 42.5 Å². The third kappa shape index (κ3) is 3.99. The average Bonchev–Trinajstić information content (AvgIpc) is 3.14. The van der Waals surface area contributed by atoms with E-state index in [2.05, 4.69) is 13.8 Å². The topological polar surface area (TPSA) is 65.1 Å². The van der Waals surface area contributed by atoms with Gasteiger partial charge in [-0.25, -0.2) is 0 Å². The number of nitrogens with zero attached hydrogens (tertiary/aromatic N) is 1. The second-order valence-electron chi connectivity index (χ2n) is 8.46. The highest BCUT2D eigenvalue weighted by molar-refractivity contribution is 6.01. The number of carbonyl (C=O) groups is 2. The molecule has 1 amide bonds. The standard InChI is InChI=1S/C24H27NO5/c1-16(2)14-29-19-6-4-5-17(11-19)23(27)25-10-9-24(15-25)13-21(26)20-12-18(28-3)7-8-22(20)30-24/h4-8,11-12,16H,9-10,13-15H2,1-3H3. The number of amides is 1. The van der Waals surface area contributed by atoms with Crippen LogP contribution in [0.2, 0.25) is 0 Å². The van der Waals surface area contributed by atoms with Crippen molar-refractivity contribution in [2.75, 3.05) is 26.8 Å². The molecule has 0 aromatic heterocycles. The highest BCUT2D eigenvalue weighted by Crippen LogP contribution is 2.40. The zero-order valence-corrected chi connectivity index (χ0v) is 17.6. The molecular weight excluding hydrogens is 382 g/mol. The number of ketones is 1. The Balaban J connectivity index is 1.48. The maximum absolute atomic E-state index is 13.1. The number of ether oxygens (including phenoxy) is 3. The number of Topliss-reactive ketones (excluding diaryl/α,β-unsaturated/α-hetero) is 1. The van der Waals surface area contributed by atoms with Crippen molar-refractivity contribution in [1.29, 1.82) is 0 Å². The van der Waals surface area contributed by atoms with Crippen molar-refractivity contribution in [2.45, 2.75) is 32.3 Å². The van der Waals surface area contributed by atoms with Crippen LogP contribution in [0.3, 0.4) is 0 Å².